The second kappa shape index (κ2) is 4.74. The molecule has 1 aromatic carbocycles. The van der Waals surface area contributed by atoms with Crippen LogP contribution in [0, 0.1) is 19.7 Å². The van der Waals surface area contributed by atoms with Crippen LogP contribution < -0.4 is 4.90 Å². The number of morpholine rings is 1. The molecule has 0 amide bonds. The van der Waals surface area contributed by atoms with Crippen molar-refractivity contribution in [3.8, 4) is 0 Å². The molecule has 0 atom stereocenters. The minimum atomic E-state index is -0.240. The summed E-state index contributed by atoms with van der Waals surface area (Å²) in [5, 5.41) is 0.787. The molecule has 2 aromatic rings. The summed E-state index contributed by atoms with van der Waals surface area (Å²) in [6, 6.07) is 3.01. The number of fused-ring (bicyclic) bond motifs is 1. The number of hydrogen-bond acceptors (Lipinski definition) is 4. The first-order valence-corrected chi connectivity index (χ1v) is 6.42. The molecule has 100 valence electrons. The number of aromatic nitrogens is 2. The Hall–Kier alpha value is -1.75. The van der Waals surface area contributed by atoms with Crippen LogP contribution in [0.15, 0.2) is 12.1 Å². The van der Waals surface area contributed by atoms with Crippen molar-refractivity contribution in [2.24, 2.45) is 0 Å². The first-order valence-electron chi connectivity index (χ1n) is 6.42. The molecule has 19 heavy (non-hydrogen) atoms. The average Bonchev–Trinajstić information content (AvgIpc) is 2.41. The van der Waals surface area contributed by atoms with Crippen molar-refractivity contribution in [3.63, 3.8) is 0 Å². The highest BCUT2D eigenvalue weighted by Crippen LogP contribution is 2.23. The van der Waals surface area contributed by atoms with E-state index in [1.807, 2.05) is 13.8 Å². The van der Waals surface area contributed by atoms with Crippen molar-refractivity contribution in [2.75, 3.05) is 31.2 Å². The number of benzene rings is 1. The summed E-state index contributed by atoms with van der Waals surface area (Å²) in [6.45, 7) is 6.76. The highest BCUT2D eigenvalue weighted by Gasteiger charge is 2.16. The number of rotatable bonds is 1. The van der Waals surface area contributed by atoms with Crippen molar-refractivity contribution in [1.29, 1.82) is 0 Å². The Morgan fingerprint density at radius 1 is 1.16 bits per heavy atom. The SMILES string of the molecule is Cc1nc(N2CCOCC2)nc2c(C)cc(F)cc12. The zero-order valence-corrected chi connectivity index (χ0v) is 11.1. The second-order valence-electron chi connectivity index (χ2n) is 4.83. The topological polar surface area (TPSA) is 38.2 Å². The minimum absolute atomic E-state index is 0.240. The molecule has 0 radical (unpaired) electrons. The van der Waals surface area contributed by atoms with Gasteiger partial charge in [-0.15, -0.1) is 0 Å². The Morgan fingerprint density at radius 2 is 1.89 bits per heavy atom. The lowest BCUT2D eigenvalue weighted by Crippen LogP contribution is -2.37. The van der Waals surface area contributed by atoms with Crippen LogP contribution in [0.3, 0.4) is 0 Å². The highest BCUT2D eigenvalue weighted by molar-refractivity contribution is 5.84. The lowest BCUT2D eigenvalue weighted by Gasteiger charge is -2.27. The van der Waals surface area contributed by atoms with Gasteiger partial charge in [-0.25, -0.2) is 14.4 Å². The smallest absolute Gasteiger partial charge is 0.226 e. The van der Waals surface area contributed by atoms with E-state index in [0.717, 1.165) is 35.2 Å². The van der Waals surface area contributed by atoms with Crippen LogP contribution >= 0.6 is 0 Å². The number of aryl methyl sites for hydroxylation is 2. The van der Waals surface area contributed by atoms with Gasteiger partial charge in [0.2, 0.25) is 5.95 Å². The minimum Gasteiger partial charge on any atom is -0.378 e. The second-order valence-corrected chi connectivity index (χ2v) is 4.83. The van der Waals surface area contributed by atoms with Crippen LogP contribution in [0.25, 0.3) is 10.9 Å². The third kappa shape index (κ3) is 2.26. The van der Waals surface area contributed by atoms with Gasteiger partial charge >= 0.3 is 0 Å². The molecule has 3 rings (SSSR count). The highest BCUT2D eigenvalue weighted by atomic mass is 19.1. The molecule has 4 nitrogen and oxygen atoms in total. The largest absolute Gasteiger partial charge is 0.378 e. The van der Waals surface area contributed by atoms with Gasteiger partial charge in [0.25, 0.3) is 0 Å². The maximum absolute atomic E-state index is 13.5. The predicted molar refractivity (Wildman–Crippen MR) is 72.0 cm³/mol. The molecule has 0 saturated carbocycles. The number of nitrogens with zero attached hydrogens (tertiary/aromatic N) is 3. The summed E-state index contributed by atoms with van der Waals surface area (Å²) in [6.07, 6.45) is 0. The van der Waals surface area contributed by atoms with Crippen molar-refractivity contribution in [3.05, 3.63) is 29.2 Å². The molecule has 2 heterocycles. The lowest BCUT2D eigenvalue weighted by molar-refractivity contribution is 0.122. The van der Waals surface area contributed by atoms with Gasteiger partial charge in [-0.3, -0.25) is 0 Å². The molecule has 1 fully saturated rings. The molecule has 1 aliphatic rings. The van der Waals surface area contributed by atoms with E-state index < -0.39 is 0 Å². The standard InChI is InChI=1S/C14H16FN3O/c1-9-7-11(15)8-12-10(2)16-14(17-13(9)12)18-3-5-19-6-4-18/h7-8H,3-6H2,1-2H3. The van der Waals surface area contributed by atoms with Gasteiger partial charge in [0.1, 0.15) is 5.82 Å². The van der Waals surface area contributed by atoms with E-state index in [9.17, 15) is 4.39 Å². The van der Waals surface area contributed by atoms with Gasteiger partial charge < -0.3 is 9.64 Å². The maximum Gasteiger partial charge on any atom is 0.226 e. The van der Waals surface area contributed by atoms with Gasteiger partial charge in [0, 0.05) is 18.5 Å². The van der Waals surface area contributed by atoms with E-state index in [-0.39, 0.29) is 5.82 Å². The van der Waals surface area contributed by atoms with Gasteiger partial charge in [-0.05, 0) is 31.5 Å². The first kappa shape index (κ1) is 12.3. The molecule has 5 heteroatoms. The van der Waals surface area contributed by atoms with E-state index in [0.29, 0.717) is 19.2 Å². The van der Waals surface area contributed by atoms with Crippen LogP contribution in [0.5, 0.6) is 0 Å². The zero-order chi connectivity index (χ0) is 13.4. The summed E-state index contributed by atoms with van der Waals surface area (Å²) in [5.74, 6) is 0.471. The van der Waals surface area contributed by atoms with Gasteiger partial charge in [0.05, 0.1) is 24.4 Å². The van der Waals surface area contributed by atoms with Crippen molar-refractivity contribution in [2.45, 2.75) is 13.8 Å². The van der Waals surface area contributed by atoms with Crippen LogP contribution in [0.2, 0.25) is 0 Å². The van der Waals surface area contributed by atoms with Gasteiger partial charge in [-0.2, -0.15) is 0 Å². The van der Waals surface area contributed by atoms with Crippen LogP contribution in [0.1, 0.15) is 11.3 Å². The molecule has 1 saturated heterocycles. The fraction of sp³-hybridized carbons (Fsp3) is 0.429. The summed E-state index contributed by atoms with van der Waals surface area (Å²) < 4.78 is 18.8. The van der Waals surface area contributed by atoms with Crippen molar-refractivity contribution < 1.29 is 9.13 Å². The zero-order valence-electron chi connectivity index (χ0n) is 11.1. The third-order valence-electron chi connectivity index (χ3n) is 3.43. The molecule has 0 bridgehead atoms. The number of hydrogen-bond donors (Lipinski definition) is 0. The Kier molecular flexibility index (Phi) is 3.06. The van der Waals surface area contributed by atoms with E-state index in [1.54, 1.807) is 0 Å². The quantitative estimate of drug-likeness (QED) is 0.789. The third-order valence-corrected chi connectivity index (χ3v) is 3.43. The fourth-order valence-corrected chi connectivity index (χ4v) is 2.40. The lowest BCUT2D eigenvalue weighted by atomic mass is 10.1. The van der Waals surface area contributed by atoms with Gasteiger partial charge in [-0.1, -0.05) is 0 Å². The van der Waals surface area contributed by atoms with E-state index >= 15 is 0 Å². The number of halogens is 1. The summed E-state index contributed by atoms with van der Waals surface area (Å²) in [7, 11) is 0. The van der Waals surface area contributed by atoms with Gasteiger partial charge in [0.15, 0.2) is 0 Å². The van der Waals surface area contributed by atoms with E-state index in [2.05, 4.69) is 14.9 Å². The van der Waals surface area contributed by atoms with Crippen LogP contribution in [-0.4, -0.2) is 36.3 Å². The summed E-state index contributed by atoms with van der Waals surface area (Å²) >= 11 is 0. The van der Waals surface area contributed by atoms with Crippen LogP contribution in [0.4, 0.5) is 10.3 Å². The molecular formula is C14H16FN3O. The predicted octanol–water partition coefficient (Wildman–Crippen LogP) is 2.22. The molecule has 1 aliphatic heterocycles. The summed E-state index contributed by atoms with van der Waals surface area (Å²) in [4.78, 5) is 11.2. The normalized spacial score (nSPS) is 16.1. The maximum atomic E-state index is 13.5. The van der Waals surface area contributed by atoms with E-state index in [4.69, 9.17) is 4.74 Å². The fourth-order valence-electron chi connectivity index (χ4n) is 2.40. The Balaban J connectivity index is 2.13. The first-order chi connectivity index (χ1) is 9.15. The molecule has 1 aromatic heterocycles. The van der Waals surface area contributed by atoms with Crippen molar-refractivity contribution >= 4 is 16.9 Å². The molecular weight excluding hydrogens is 245 g/mol. The van der Waals surface area contributed by atoms with Crippen molar-refractivity contribution in [1.82, 2.24) is 9.97 Å². The average molecular weight is 261 g/mol. The Bertz CT molecular complexity index is 624. The monoisotopic (exact) mass is 261 g/mol. The molecule has 0 spiro atoms. The molecule has 0 N–H and O–H groups in total. The number of ether oxygens (including phenoxy) is 1. The van der Waals surface area contributed by atoms with E-state index in [1.165, 1.54) is 12.1 Å². The number of anilines is 1. The Labute approximate surface area is 111 Å². The summed E-state index contributed by atoms with van der Waals surface area (Å²) in [5.41, 5.74) is 2.49. The molecule has 0 unspecified atom stereocenters. The van der Waals surface area contributed by atoms with Crippen LogP contribution in [-0.2, 0) is 4.74 Å². The molecule has 0 aliphatic carbocycles. The Morgan fingerprint density at radius 3 is 2.63 bits per heavy atom.